The summed E-state index contributed by atoms with van der Waals surface area (Å²) in [5.41, 5.74) is 0.120. The Morgan fingerprint density at radius 3 is 2.47 bits per heavy atom. The van der Waals surface area contributed by atoms with E-state index in [-0.39, 0.29) is 30.4 Å². The van der Waals surface area contributed by atoms with Gasteiger partial charge in [-0.25, -0.2) is 0 Å². The molecule has 0 saturated carbocycles. The summed E-state index contributed by atoms with van der Waals surface area (Å²) in [7, 11) is 0. The summed E-state index contributed by atoms with van der Waals surface area (Å²) in [6, 6.07) is 5.74. The minimum atomic E-state index is 0. The highest BCUT2D eigenvalue weighted by atomic mass is 35.5. The number of pyridine rings is 1. The Hall–Kier alpha value is -0.510. The van der Waals surface area contributed by atoms with E-state index in [9.17, 15) is 4.79 Å². The fourth-order valence-corrected chi connectivity index (χ4v) is 1.83. The Bertz CT molecular complexity index is 334. The highest BCUT2D eigenvalue weighted by molar-refractivity contribution is 5.85. The van der Waals surface area contributed by atoms with Gasteiger partial charge < -0.3 is 9.88 Å². The lowest BCUT2D eigenvalue weighted by Crippen LogP contribution is -2.33. The van der Waals surface area contributed by atoms with Crippen LogP contribution in [0.4, 0.5) is 0 Å². The first-order valence-electron chi connectivity index (χ1n) is 4.76. The lowest BCUT2D eigenvalue weighted by molar-refractivity contribution is 0.361. The van der Waals surface area contributed by atoms with E-state index >= 15 is 0 Å². The van der Waals surface area contributed by atoms with E-state index in [1.807, 2.05) is 16.8 Å². The number of nitrogens with one attached hydrogen (secondary N) is 1. The van der Waals surface area contributed by atoms with Crippen molar-refractivity contribution in [1.82, 2.24) is 9.88 Å². The average molecular weight is 251 g/mol. The first-order chi connectivity index (χ1) is 6.38. The SMILES string of the molecule is Cl.Cl.O=c1ccccn1C1CCNCC1. The lowest BCUT2D eigenvalue weighted by Gasteiger charge is -2.24. The molecule has 0 atom stereocenters. The predicted octanol–water partition coefficient (Wildman–Crippen LogP) is 1.62. The number of hydrogen-bond donors (Lipinski definition) is 1. The van der Waals surface area contributed by atoms with Crippen molar-refractivity contribution in [2.45, 2.75) is 18.9 Å². The predicted molar refractivity (Wildman–Crippen MR) is 66.3 cm³/mol. The van der Waals surface area contributed by atoms with Crippen LogP contribution >= 0.6 is 24.8 Å². The number of aromatic nitrogens is 1. The molecule has 1 aromatic rings. The molecule has 1 N–H and O–H groups in total. The van der Waals surface area contributed by atoms with Crippen LogP contribution in [0.3, 0.4) is 0 Å². The van der Waals surface area contributed by atoms with Gasteiger partial charge in [0, 0.05) is 18.3 Å². The zero-order valence-electron chi connectivity index (χ0n) is 8.39. The molecule has 1 saturated heterocycles. The summed E-state index contributed by atoms with van der Waals surface area (Å²) >= 11 is 0. The number of halogens is 2. The molecule has 86 valence electrons. The summed E-state index contributed by atoms with van der Waals surface area (Å²) in [5, 5.41) is 3.29. The number of nitrogens with zero attached hydrogens (tertiary/aromatic N) is 1. The maximum Gasteiger partial charge on any atom is 0.250 e. The molecule has 0 bridgehead atoms. The molecule has 1 aromatic heterocycles. The van der Waals surface area contributed by atoms with E-state index in [2.05, 4.69) is 5.32 Å². The topological polar surface area (TPSA) is 34.0 Å². The molecule has 0 radical (unpaired) electrons. The molecule has 1 aliphatic rings. The van der Waals surface area contributed by atoms with Crippen LogP contribution in [0.25, 0.3) is 0 Å². The van der Waals surface area contributed by atoms with Gasteiger partial charge in [-0.05, 0) is 32.0 Å². The molecule has 0 aliphatic carbocycles. The van der Waals surface area contributed by atoms with Gasteiger partial charge in [0.1, 0.15) is 0 Å². The second-order valence-electron chi connectivity index (χ2n) is 3.43. The third-order valence-corrected chi connectivity index (χ3v) is 2.55. The van der Waals surface area contributed by atoms with Crippen LogP contribution in [-0.4, -0.2) is 17.7 Å². The van der Waals surface area contributed by atoms with Crippen LogP contribution in [-0.2, 0) is 0 Å². The minimum Gasteiger partial charge on any atom is -0.317 e. The highest BCUT2D eigenvalue weighted by Gasteiger charge is 2.14. The largest absolute Gasteiger partial charge is 0.317 e. The van der Waals surface area contributed by atoms with Crippen LogP contribution in [0.1, 0.15) is 18.9 Å². The van der Waals surface area contributed by atoms with E-state index < -0.39 is 0 Å². The molecule has 1 fully saturated rings. The standard InChI is InChI=1S/C10H14N2O.2ClH/c13-10-3-1-2-8-12(10)9-4-6-11-7-5-9;;/h1-3,8-9,11H,4-7H2;2*1H. The average Bonchev–Trinajstić information content (AvgIpc) is 2.20. The van der Waals surface area contributed by atoms with E-state index in [4.69, 9.17) is 0 Å². The smallest absolute Gasteiger partial charge is 0.250 e. The molecule has 0 amide bonds. The monoisotopic (exact) mass is 250 g/mol. The second kappa shape index (κ2) is 6.88. The van der Waals surface area contributed by atoms with Gasteiger partial charge in [-0.2, -0.15) is 0 Å². The maximum absolute atomic E-state index is 11.5. The quantitative estimate of drug-likeness (QED) is 0.822. The number of hydrogen-bond acceptors (Lipinski definition) is 2. The van der Waals surface area contributed by atoms with Gasteiger partial charge in [-0.1, -0.05) is 6.07 Å². The van der Waals surface area contributed by atoms with Crippen molar-refractivity contribution in [1.29, 1.82) is 0 Å². The van der Waals surface area contributed by atoms with Crippen LogP contribution in [0.15, 0.2) is 29.2 Å². The summed E-state index contributed by atoms with van der Waals surface area (Å²) in [6.45, 7) is 2.04. The van der Waals surface area contributed by atoms with E-state index in [0.29, 0.717) is 6.04 Å². The Morgan fingerprint density at radius 1 is 1.20 bits per heavy atom. The van der Waals surface area contributed by atoms with E-state index in [0.717, 1.165) is 25.9 Å². The molecule has 3 nitrogen and oxygen atoms in total. The van der Waals surface area contributed by atoms with E-state index in [1.54, 1.807) is 12.1 Å². The Kier molecular flexibility index (Phi) is 6.65. The van der Waals surface area contributed by atoms with Crippen molar-refractivity contribution in [3.63, 3.8) is 0 Å². The third-order valence-electron chi connectivity index (χ3n) is 2.55. The first kappa shape index (κ1) is 14.5. The molecular weight excluding hydrogens is 235 g/mol. The number of rotatable bonds is 1. The van der Waals surface area contributed by atoms with Crippen LogP contribution in [0, 0.1) is 0 Å². The normalized spacial score (nSPS) is 16.3. The Balaban J connectivity index is 0.000000980. The zero-order chi connectivity index (χ0) is 9.10. The summed E-state index contributed by atoms with van der Waals surface area (Å²) in [4.78, 5) is 11.5. The molecule has 0 spiro atoms. The first-order valence-corrected chi connectivity index (χ1v) is 4.76. The van der Waals surface area contributed by atoms with Gasteiger partial charge in [0.15, 0.2) is 0 Å². The molecule has 15 heavy (non-hydrogen) atoms. The molecule has 1 aliphatic heterocycles. The van der Waals surface area contributed by atoms with Gasteiger partial charge >= 0.3 is 0 Å². The summed E-state index contributed by atoms with van der Waals surface area (Å²) in [5.74, 6) is 0. The van der Waals surface area contributed by atoms with Crippen molar-refractivity contribution in [3.05, 3.63) is 34.7 Å². The van der Waals surface area contributed by atoms with Crippen molar-refractivity contribution in [2.75, 3.05) is 13.1 Å². The molecule has 0 aromatic carbocycles. The van der Waals surface area contributed by atoms with Gasteiger partial charge in [0.2, 0.25) is 0 Å². The third kappa shape index (κ3) is 3.52. The summed E-state index contributed by atoms with van der Waals surface area (Å²) in [6.07, 6.45) is 4.01. The summed E-state index contributed by atoms with van der Waals surface area (Å²) < 4.78 is 1.85. The second-order valence-corrected chi connectivity index (χ2v) is 3.43. The Labute approximate surface area is 102 Å². The maximum atomic E-state index is 11.5. The molecular formula is C10H16Cl2N2O. The fourth-order valence-electron chi connectivity index (χ4n) is 1.83. The zero-order valence-corrected chi connectivity index (χ0v) is 10.0. The molecule has 2 heterocycles. The molecule has 2 rings (SSSR count). The van der Waals surface area contributed by atoms with Crippen LogP contribution < -0.4 is 10.9 Å². The van der Waals surface area contributed by atoms with Gasteiger partial charge in [-0.15, -0.1) is 24.8 Å². The van der Waals surface area contributed by atoms with E-state index in [1.165, 1.54) is 0 Å². The van der Waals surface area contributed by atoms with Gasteiger partial charge in [-0.3, -0.25) is 4.79 Å². The minimum absolute atomic E-state index is 0. The fraction of sp³-hybridized carbons (Fsp3) is 0.500. The van der Waals surface area contributed by atoms with Gasteiger partial charge in [0.05, 0.1) is 0 Å². The number of piperidine rings is 1. The Morgan fingerprint density at radius 2 is 1.87 bits per heavy atom. The van der Waals surface area contributed by atoms with Crippen molar-refractivity contribution in [2.24, 2.45) is 0 Å². The lowest BCUT2D eigenvalue weighted by atomic mass is 10.1. The highest BCUT2D eigenvalue weighted by Crippen LogP contribution is 2.15. The molecule has 5 heteroatoms. The van der Waals surface area contributed by atoms with Crippen molar-refractivity contribution >= 4 is 24.8 Å². The van der Waals surface area contributed by atoms with Crippen molar-refractivity contribution < 1.29 is 0 Å². The molecule has 0 unspecified atom stereocenters. The van der Waals surface area contributed by atoms with Gasteiger partial charge in [0.25, 0.3) is 5.56 Å². The van der Waals surface area contributed by atoms with Crippen LogP contribution in [0.2, 0.25) is 0 Å². The van der Waals surface area contributed by atoms with Crippen LogP contribution in [0.5, 0.6) is 0 Å². The van der Waals surface area contributed by atoms with Crippen molar-refractivity contribution in [3.8, 4) is 0 Å².